The van der Waals surface area contributed by atoms with Gasteiger partial charge in [0, 0.05) is 24.0 Å². The summed E-state index contributed by atoms with van der Waals surface area (Å²) in [7, 11) is 0. The van der Waals surface area contributed by atoms with E-state index in [-0.39, 0.29) is 11.9 Å². The van der Waals surface area contributed by atoms with E-state index in [4.69, 9.17) is 11.6 Å². The van der Waals surface area contributed by atoms with Crippen molar-refractivity contribution >= 4 is 28.9 Å². The van der Waals surface area contributed by atoms with E-state index >= 15 is 0 Å². The molecular formula is C12H15ClN2O. The van der Waals surface area contributed by atoms with E-state index in [2.05, 4.69) is 24.1 Å². The lowest BCUT2D eigenvalue weighted by Gasteiger charge is -2.28. The van der Waals surface area contributed by atoms with E-state index in [1.165, 1.54) is 0 Å². The number of anilines is 2. The third-order valence-electron chi connectivity index (χ3n) is 2.90. The smallest absolute Gasteiger partial charge is 0.226 e. The monoisotopic (exact) mass is 238 g/mol. The fraction of sp³-hybridized carbons (Fsp3) is 0.417. The van der Waals surface area contributed by atoms with Crippen molar-refractivity contribution in [1.29, 1.82) is 0 Å². The fourth-order valence-corrected chi connectivity index (χ4v) is 2.33. The average Bonchev–Trinajstić information content (AvgIpc) is 2.32. The molecule has 0 spiro atoms. The van der Waals surface area contributed by atoms with Gasteiger partial charge in [0.15, 0.2) is 0 Å². The Balaban J connectivity index is 2.49. The molecule has 16 heavy (non-hydrogen) atoms. The zero-order chi connectivity index (χ0) is 11.7. The van der Waals surface area contributed by atoms with E-state index in [1.807, 2.05) is 12.1 Å². The first-order valence-corrected chi connectivity index (χ1v) is 5.85. The summed E-state index contributed by atoms with van der Waals surface area (Å²) in [6, 6.07) is 5.83. The summed E-state index contributed by atoms with van der Waals surface area (Å²) in [5.41, 5.74) is 1.86. The Kier molecular flexibility index (Phi) is 3.06. The molecule has 1 aromatic carbocycles. The van der Waals surface area contributed by atoms with E-state index < -0.39 is 0 Å². The van der Waals surface area contributed by atoms with Gasteiger partial charge in [-0.15, -0.1) is 0 Å². The summed E-state index contributed by atoms with van der Waals surface area (Å²) < 4.78 is 0. The zero-order valence-corrected chi connectivity index (χ0v) is 10.2. The van der Waals surface area contributed by atoms with Gasteiger partial charge in [-0.1, -0.05) is 11.6 Å². The molecule has 1 aliphatic heterocycles. The third-order valence-corrected chi connectivity index (χ3v) is 3.13. The topological polar surface area (TPSA) is 32.3 Å². The number of hydrogen-bond acceptors (Lipinski definition) is 2. The molecule has 4 heteroatoms. The Morgan fingerprint density at radius 1 is 1.56 bits per heavy atom. The molecule has 0 saturated heterocycles. The molecule has 1 amide bonds. The Bertz CT molecular complexity index is 419. The number of nitrogens with one attached hydrogen (secondary N) is 1. The van der Waals surface area contributed by atoms with Crippen LogP contribution < -0.4 is 10.2 Å². The van der Waals surface area contributed by atoms with Gasteiger partial charge < -0.3 is 10.2 Å². The normalized spacial score (nSPS) is 20.1. The maximum atomic E-state index is 11.6. The number of benzene rings is 1. The second-order valence-corrected chi connectivity index (χ2v) is 4.49. The second kappa shape index (κ2) is 4.34. The molecule has 1 unspecified atom stereocenters. The quantitative estimate of drug-likeness (QED) is 0.816. The Morgan fingerprint density at radius 2 is 2.31 bits per heavy atom. The second-order valence-electron chi connectivity index (χ2n) is 4.05. The van der Waals surface area contributed by atoms with Crippen molar-refractivity contribution in [3.8, 4) is 0 Å². The molecule has 1 heterocycles. The van der Waals surface area contributed by atoms with Crippen LogP contribution in [-0.4, -0.2) is 18.5 Å². The zero-order valence-electron chi connectivity index (χ0n) is 9.46. The van der Waals surface area contributed by atoms with Gasteiger partial charge >= 0.3 is 0 Å². The Hall–Kier alpha value is -1.22. The largest absolute Gasteiger partial charge is 0.367 e. The van der Waals surface area contributed by atoms with E-state index in [1.54, 1.807) is 6.07 Å². The fourth-order valence-electron chi connectivity index (χ4n) is 2.16. The standard InChI is InChI=1S/C12H15ClN2O/c1-3-15-8(2)6-12(16)14-10-7-9(13)4-5-11(10)15/h4-5,7-8H,3,6H2,1-2H3,(H,14,16). The molecule has 3 nitrogen and oxygen atoms in total. The van der Waals surface area contributed by atoms with Crippen molar-refractivity contribution in [3.63, 3.8) is 0 Å². The van der Waals surface area contributed by atoms with Crippen LogP contribution in [0.5, 0.6) is 0 Å². The van der Waals surface area contributed by atoms with Gasteiger partial charge in [-0.3, -0.25) is 4.79 Å². The van der Waals surface area contributed by atoms with Crippen LogP contribution in [0.3, 0.4) is 0 Å². The lowest BCUT2D eigenvalue weighted by atomic mass is 10.2. The minimum Gasteiger partial charge on any atom is -0.367 e. The van der Waals surface area contributed by atoms with Crippen molar-refractivity contribution in [2.24, 2.45) is 0 Å². The van der Waals surface area contributed by atoms with Crippen LogP contribution in [0.25, 0.3) is 0 Å². The highest BCUT2D eigenvalue weighted by Crippen LogP contribution is 2.33. The van der Waals surface area contributed by atoms with Gasteiger partial charge in [0.2, 0.25) is 5.91 Å². The van der Waals surface area contributed by atoms with Crippen molar-refractivity contribution < 1.29 is 4.79 Å². The minimum absolute atomic E-state index is 0.0481. The lowest BCUT2D eigenvalue weighted by molar-refractivity contribution is -0.116. The summed E-state index contributed by atoms with van der Waals surface area (Å²) in [5.74, 6) is 0.0481. The van der Waals surface area contributed by atoms with Gasteiger partial charge in [-0.05, 0) is 32.0 Å². The molecule has 86 valence electrons. The highest BCUT2D eigenvalue weighted by Gasteiger charge is 2.23. The number of rotatable bonds is 1. The van der Waals surface area contributed by atoms with Crippen LogP contribution in [0.1, 0.15) is 20.3 Å². The van der Waals surface area contributed by atoms with Crippen molar-refractivity contribution in [2.75, 3.05) is 16.8 Å². The lowest BCUT2D eigenvalue weighted by Crippen LogP contribution is -2.33. The van der Waals surface area contributed by atoms with E-state index in [0.29, 0.717) is 11.4 Å². The summed E-state index contributed by atoms with van der Waals surface area (Å²) in [6.07, 6.45) is 0.514. The van der Waals surface area contributed by atoms with E-state index in [0.717, 1.165) is 17.9 Å². The van der Waals surface area contributed by atoms with Gasteiger partial charge in [0.25, 0.3) is 0 Å². The molecule has 1 atom stereocenters. The number of nitrogens with zero attached hydrogens (tertiary/aromatic N) is 1. The Labute approximate surface area is 100 Å². The summed E-state index contributed by atoms with van der Waals surface area (Å²) in [6.45, 7) is 5.03. The number of halogens is 1. The number of carbonyl (C=O) groups is 1. The van der Waals surface area contributed by atoms with Gasteiger partial charge in [-0.2, -0.15) is 0 Å². The number of carbonyl (C=O) groups excluding carboxylic acids is 1. The van der Waals surface area contributed by atoms with Gasteiger partial charge in [-0.25, -0.2) is 0 Å². The number of hydrogen-bond donors (Lipinski definition) is 1. The first-order chi connectivity index (χ1) is 7.61. The van der Waals surface area contributed by atoms with Crippen LogP contribution in [0.15, 0.2) is 18.2 Å². The Morgan fingerprint density at radius 3 is 3.00 bits per heavy atom. The predicted molar refractivity (Wildman–Crippen MR) is 67.2 cm³/mol. The van der Waals surface area contributed by atoms with Crippen LogP contribution in [0, 0.1) is 0 Å². The maximum absolute atomic E-state index is 11.6. The average molecular weight is 239 g/mol. The molecule has 0 bridgehead atoms. The highest BCUT2D eigenvalue weighted by atomic mass is 35.5. The van der Waals surface area contributed by atoms with E-state index in [9.17, 15) is 4.79 Å². The summed E-state index contributed by atoms with van der Waals surface area (Å²) in [4.78, 5) is 13.9. The first-order valence-electron chi connectivity index (χ1n) is 5.48. The number of amides is 1. The SMILES string of the molecule is CCN1c2ccc(Cl)cc2NC(=O)CC1C. The molecule has 1 aromatic rings. The number of fused-ring (bicyclic) bond motifs is 1. The first kappa shape index (κ1) is 11.3. The van der Waals surface area contributed by atoms with Gasteiger partial charge in [0.05, 0.1) is 11.4 Å². The molecule has 0 fully saturated rings. The highest BCUT2D eigenvalue weighted by molar-refractivity contribution is 6.31. The molecule has 2 rings (SSSR count). The maximum Gasteiger partial charge on any atom is 0.226 e. The summed E-state index contributed by atoms with van der Waals surface area (Å²) in [5, 5.41) is 3.54. The molecule has 0 aliphatic carbocycles. The molecule has 0 radical (unpaired) electrons. The molecular weight excluding hydrogens is 224 g/mol. The predicted octanol–water partition coefficient (Wildman–Crippen LogP) is 2.90. The molecule has 0 aromatic heterocycles. The van der Waals surface area contributed by atoms with Crippen molar-refractivity contribution in [2.45, 2.75) is 26.3 Å². The minimum atomic E-state index is 0.0481. The van der Waals surface area contributed by atoms with Crippen LogP contribution in [-0.2, 0) is 4.79 Å². The van der Waals surface area contributed by atoms with Crippen molar-refractivity contribution in [1.82, 2.24) is 0 Å². The van der Waals surface area contributed by atoms with Gasteiger partial charge in [0.1, 0.15) is 0 Å². The van der Waals surface area contributed by atoms with Crippen molar-refractivity contribution in [3.05, 3.63) is 23.2 Å². The molecule has 1 N–H and O–H groups in total. The third kappa shape index (κ3) is 2.00. The summed E-state index contributed by atoms with van der Waals surface area (Å²) >= 11 is 5.94. The molecule has 1 aliphatic rings. The molecule has 0 saturated carbocycles. The van der Waals surface area contributed by atoms with Crippen LogP contribution >= 0.6 is 11.6 Å². The van der Waals surface area contributed by atoms with Crippen LogP contribution in [0.4, 0.5) is 11.4 Å². The van der Waals surface area contributed by atoms with Crippen LogP contribution in [0.2, 0.25) is 5.02 Å².